The highest BCUT2D eigenvalue weighted by molar-refractivity contribution is 7.91. The summed E-state index contributed by atoms with van der Waals surface area (Å²) >= 11 is 0. The maximum Gasteiger partial charge on any atom is 0.285 e. The Balaban J connectivity index is 2.36. The minimum atomic E-state index is -3.70. The van der Waals surface area contributed by atoms with Crippen molar-refractivity contribution in [3.63, 3.8) is 0 Å². The van der Waals surface area contributed by atoms with E-state index in [1.807, 2.05) is 0 Å². The second kappa shape index (κ2) is 7.15. The molecule has 0 saturated heterocycles. The van der Waals surface area contributed by atoms with Crippen molar-refractivity contribution < 1.29 is 21.6 Å². The van der Waals surface area contributed by atoms with Crippen molar-refractivity contribution in [2.45, 2.75) is 31.0 Å². The Morgan fingerprint density at radius 2 is 1.93 bits per heavy atom. The van der Waals surface area contributed by atoms with E-state index in [9.17, 15) is 17.2 Å². The molecule has 28 heavy (non-hydrogen) atoms. The Hall–Kier alpha value is -1.93. The second-order valence-electron chi connectivity index (χ2n) is 6.41. The van der Waals surface area contributed by atoms with Gasteiger partial charge in [-0.3, -0.25) is 4.98 Å². The van der Waals surface area contributed by atoms with Crippen LogP contribution >= 0.6 is 9.24 Å². The molecule has 0 aliphatic carbocycles. The third-order valence-electron chi connectivity index (χ3n) is 4.42. The van der Waals surface area contributed by atoms with Crippen LogP contribution in [0.15, 0.2) is 29.4 Å². The maximum absolute atomic E-state index is 15.3. The number of rotatable bonds is 5. The quantitative estimate of drug-likeness (QED) is 0.463. The first-order valence-electron chi connectivity index (χ1n) is 8.56. The van der Waals surface area contributed by atoms with E-state index in [-0.39, 0.29) is 45.5 Å². The van der Waals surface area contributed by atoms with Gasteiger partial charge >= 0.3 is 0 Å². The molecule has 1 unspecified atom stereocenters. The second-order valence-corrected chi connectivity index (χ2v) is 9.38. The summed E-state index contributed by atoms with van der Waals surface area (Å²) in [7, 11) is -0.584. The molecule has 11 heteroatoms. The average Bonchev–Trinajstić information content (AvgIpc) is 2.97. The fraction of sp³-hybridized carbons (Fsp3) is 0.294. The van der Waals surface area contributed by atoms with E-state index < -0.39 is 21.3 Å². The number of hydrogen-bond acceptors (Lipinski definition) is 4. The lowest BCUT2D eigenvalue weighted by Crippen LogP contribution is -2.13. The molecule has 0 fully saturated rings. The van der Waals surface area contributed by atoms with Crippen molar-refractivity contribution in [3.05, 3.63) is 35.9 Å². The fourth-order valence-electron chi connectivity index (χ4n) is 2.94. The average molecular weight is 427 g/mol. The number of sulfone groups is 1. The number of nitrogens with zero attached hydrogens (tertiary/aromatic N) is 3. The van der Waals surface area contributed by atoms with E-state index in [4.69, 9.17) is 0 Å². The van der Waals surface area contributed by atoms with Crippen molar-refractivity contribution in [2.24, 2.45) is 0 Å². The monoisotopic (exact) mass is 427 g/mol. The molecule has 2 aliphatic heterocycles. The summed E-state index contributed by atoms with van der Waals surface area (Å²) in [5.74, 6) is -0.981. The van der Waals surface area contributed by atoms with Gasteiger partial charge in [0.05, 0.1) is 16.3 Å². The highest BCUT2D eigenvalue weighted by Gasteiger charge is 2.32. The van der Waals surface area contributed by atoms with Gasteiger partial charge in [0.25, 0.3) is 5.66 Å². The van der Waals surface area contributed by atoms with Gasteiger partial charge < -0.3 is 4.57 Å². The van der Waals surface area contributed by atoms with Crippen molar-refractivity contribution in [2.75, 3.05) is 5.75 Å². The van der Waals surface area contributed by atoms with Gasteiger partial charge in [0.1, 0.15) is 24.9 Å². The van der Waals surface area contributed by atoms with Gasteiger partial charge in [-0.2, -0.15) is 8.78 Å². The number of alkyl halides is 2. The third-order valence-corrected chi connectivity index (χ3v) is 6.49. The number of fused-ring (bicyclic) bond motifs is 1. The predicted octanol–water partition coefficient (Wildman–Crippen LogP) is 2.19. The molecule has 0 radical (unpaired) electrons. The number of aromatic nitrogens is 3. The molecule has 5 nitrogen and oxygen atoms in total. The number of pyridine rings is 2. The number of halogens is 3. The lowest BCUT2D eigenvalue weighted by Gasteiger charge is -2.16. The summed E-state index contributed by atoms with van der Waals surface area (Å²) in [5, 5.41) is 0. The van der Waals surface area contributed by atoms with Gasteiger partial charge in [-0.1, -0.05) is 21.6 Å². The van der Waals surface area contributed by atoms with Crippen LogP contribution in [0.25, 0.3) is 22.8 Å². The topological polar surface area (TPSA) is 64.8 Å². The van der Waals surface area contributed by atoms with Crippen molar-refractivity contribution in [1.82, 2.24) is 14.5 Å². The Bertz CT molecular complexity index is 1130. The van der Waals surface area contributed by atoms with Crippen LogP contribution in [0.5, 0.6) is 0 Å². The van der Waals surface area contributed by atoms with Crippen LogP contribution in [-0.4, -0.2) is 36.6 Å². The third kappa shape index (κ3) is 3.55. The number of aryl methyl sites for hydroxylation is 1. The Morgan fingerprint density at radius 1 is 1.25 bits per heavy atom. The summed E-state index contributed by atoms with van der Waals surface area (Å²) in [5.41, 5.74) is -3.31. The molecule has 1 aromatic heterocycles. The highest BCUT2D eigenvalue weighted by atomic mass is 32.2. The first-order valence-corrected chi connectivity index (χ1v) is 10.8. The lowest BCUT2D eigenvalue weighted by molar-refractivity contribution is 0.103. The Morgan fingerprint density at radius 3 is 2.50 bits per heavy atom. The molecule has 1 aromatic rings. The number of hydrogen-bond donors (Lipinski definition) is 0. The molecule has 1 atom stereocenters. The zero-order valence-electron chi connectivity index (χ0n) is 15.5. The van der Waals surface area contributed by atoms with Crippen LogP contribution in [0.4, 0.5) is 13.2 Å². The largest absolute Gasteiger partial charge is 0.344 e. The van der Waals surface area contributed by atoms with E-state index in [2.05, 4.69) is 9.97 Å². The summed E-state index contributed by atoms with van der Waals surface area (Å²) in [6, 6.07) is 2.51. The summed E-state index contributed by atoms with van der Waals surface area (Å²) in [4.78, 5) is 8.11. The van der Waals surface area contributed by atoms with Gasteiger partial charge in [0.15, 0.2) is 15.7 Å². The lowest BCUT2D eigenvalue weighted by atomic mass is 9.98. The van der Waals surface area contributed by atoms with Crippen molar-refractivity contribution in [3.8, 4) is 22.8 Å². The standard InChI is InChI=1S/C17H18BF3N3O2PS/c1-3-24-8-9(17(20,21)27)5-11-16(24)13(19)15(23-11)14-12(28(25,26)4-2)6-10(18)7-22-14/h5-8H,3-4,18,27H2,1-2H3. The van der Waals surface area contributed by atoms with Crippen molar-refractivity contribution >= 4 is 32.4 Å². The van der Waals surface area contributed by atoms with E-state index in [0.717, 1.165) is 12.3 Å². The molecule has 0 saturated carbocycles. The van der Waals surface area contributed by atoms with Gasteiger partial charge in [0, 0.05) is 24.5 Å². The van der Waals surface area contributed by atoms with E-state index in [1.54, 1.807) is 14.8 Å². The fourth-order valence-corrected chi connectivity index (χ4v) is 4.22. The van der Waals surface area contributed by atoms with E-state index >= 15 is 4.39 Å². The van der Waals surface area contributed by atoms with Crippen LogP contribution in [0.3, 0.4) is 0 Å². The van der Waals surface area contributed by atoms with Crippen LogP contribution in [0.1, 0.15) is 19.4 Å². The first-order chi connectivity index (χ1) is 13.0. The molecule has 0 N–H and O–H groups in total. The van der Waals surface area contributed by atoms with Gasteiger partial charge in [0.2, 0.25) is 0 Å². The Labute approximate surface area is 164 Å². The smallest absolute Gasteiger partial charge is 0.285 e. The zero-order valence-corrected chi connectivity index (χ0v) is 17.5. The normalized spacial score (nSPS) is 12.6. The molecule has 2 aliphatic rings. The first kappa shape index (κ1) is 20.8. The molecule has 3 rings (SSSR count). The molecule has 0 spiro atoms. The predicted molar refractivity (Wildman–Crippen MR) is 107 cm³/mol. The molecular formula is C17H18BF3N3O2PS. The summed E-state index contributed by atoms with van der Waals surface area (Å²) in [6.07, 6.45) is 2.58. The molecule has 0 aromatic carbocycles. The zero-order chi connectivity index (χ0) is 20.9. The molecule has 3 heterocycles. The summed E-state index contributed by atoms with van der Waals surface area (Å²) in [6.45, 7) is 3.40. The van der Waals surface area contributed by atoms with Crippen LogP contribution in [0.2, 0.25) is 0 Å². The highest BCUT2D eigenvalue weighted by Crippen LogP contribution is 2.40. The van der Waals surface area contributed by atoms with Gasteiger partial charge in [-0.05, 0) is 19.1 Å². The SMILES string of the molecule is Bc1cnc(-c2nc3cc(C(F)(F)P)cn(CC)c-3c2F)c(S(=O)(=O)CC)c1. The van der Waals surface area contributed by atoms with Crippen molar-refractivity contribution in [1.29, 1.82) is 0 Å². The van der Waals surface area contributed by atoms with Crippen LogP contribution in [-0.2, 0) is 22.0 Å². The van der Waals surface area contributed by atoms with Crippen LogP contribution in [0, 0.1) is 5.82 Å². The summed E-state index contributed by atoms with van der Waals surface area (Å²) < 4.78 is 69.1. The molecular weight excluding hydrogens is 409 g/mol. The molecule has 148 valence electrons. The maximum atomic E-state index is 15.3. The van der Waals surface area contributed by atoms with Crippen LogP contribution < -0.4 is 5.46 Å². The van der Waals surface area contributed by atoms with Gasteiger partial charge in [-0.25, -0.2) is 17.8 Å². The molecule has 0 amide bonds. The Kier molecular flexibility index (Phi) is 5.31. The minimum absolute atomic E-state index is 0.0104. The van der Waals surface area contributed by atoms with Gasteiger partial charge in [-0.15, -0.1) is 0 Å². The van der Waals surface area contributed by atoms with E-state index in [1.165, 1.54) is 33.0 Å². The molecule has 0 bridgehead atoms. The van der Waals surface area contributed by atoms with E-state index in [0.29, 0.717) is 5.46 Å². The minimum Gasteiger partial charge on any atom is -0.344 e.